The van der Waals surface area contributed by atoms with Crippen molar-refractivity contribution >= 4 is 10.9 Å². The van der Waals surface area contributed by atoms with E-state index in [1.807, 2.05) is 0 Å². The van der Waals surface area contributed by atoms with Gasteiger partial charge in [0, 0.05) is 55.4 Å². The summed E-state index contributed by atoms with van der Waals surface area (Å²) in [5.41, 5.74) is 2.87. The largest absolute Gasteiger partial charge is 0.347 e. The normalized spacial score (nSPS) is 26.3. The second-order valence-corrected chi connectivity index (χ2v) is 6.62. The maximum absolute atomic E-state index is 3.78. The lowest BCUT2D eigenvalue weighted by atomic mass is 10.1. The Morgan fingerprint density at radius 1 is 1.14 bits per heavy atom. The van der Waals surface area contributed by atoms with Crippen LogP contribution in [0.1, 0.15) is 31.7 Å². The Bertz CT molecular complexity index is 630. The summed E-state index contributed by atoms with van der Waals surface area (Å²) in [6.45, 7) is 6.82. The van der Waals surface area contributed by atoms with E-state index in [0.29, 0.717) is 0 Å². The van der Waals surface area contributed by atoms with Crippen LogP contribution >= 0.6 is 0 Å². The van der Waals surface area contributed by atoms with Crippen LogP contribution in [0.25, 0.3) is 10.9 Å². The van der Waals surface area contributed by atoms with Gasteiger partial charge in [-0.3, -0.25) is 4.90 Å². The molecule has 2 saturated heterocycles. The number of hydrogen-bond acceptors (Lipinski definition) is 2. The zero-order chi connectivity index (χ0) is 14.2. The van der Waals surface area contributed by atoms with Gasteiger partial charge in [0.05, 0.1) is 0 Å². The van der Waals surface area contributed by atoms with Crippen molar-refractivity contribution in [1.29, 1.82) is 0 Å². The van der Waals surface area contributed by atoms with E-state index in [2.05, 4.69) is 52.2 Å². The van der Waals surface area contributed by atoms with E-state index in [-0.39, 0.29) is 0 Å². The number of para-hydroxylation sites is 1. The van der Waals surface area contributed by atoms with Crippen molar-refractivity contribution in [3.8, 4) is 0 Å². The Balaban J connectivity index is 1.59. The lowest BCUT2D eigenvalue weighted by molar-refractivity contribution is 0.251. The number of aryl methyl sites for hydroxylation is 1. The summed E-state index contributed by atoms with van der Waals surface area (Å²) < 4.78 is 2.38. The van der Waals surface area contributed by atoms with Crippen molar-refractivity contribution in [2.45, 2.75) is 51.4 Å². The highest BCUT2D eigenvalue weighted by molar-refractivity contribution is 5.83. The number of fused-ring (bicyclic) bond motifs is 3. The van der Waals surface area contributed by atoms with E-state index < -0.39 is 0 Å². The van der Waals surface area contributed by atoms with Crippen molar-refractivity contribution in [3.63, 3.8) is 0 Å². The fourth-order valence-corrected chi connectivity index (χ4v) is 4.11. The van der Waals surface area contributed by atoms with E-state index in [9.17, 15) is 0 Å². The van der Waals surface area contributed by atoms with Crippen molar-refractivity contribution in [2.75, 3.05) is 13.1 Å². The monoisotopic (exact) mass is 283 g/mol. The van der Waals surface area contributed by atoms with Gasteiger partial charge in [-0.25, -0.2) is 0 Å². The van der Waals surface area contributed by atoms with Gasteiger partial charge >= 0.3 is 0 Å². The molecule has 2 aromatic rings. The first-order valence-electron chi connectivity index (χ1n) is 8.38. The van der Waals surface area contributed by atoms with Crippen molar-refractivity contribution in [3.05, 3.63) is 36.0 Å². The van der Waals surface area contributed by atoms with Crippen LogP contribution in [0.5, 0.6) is 0 Å². The maximum Gasteiger partial charge on any atom is 0.0483 e. The molecule has 0 spiro atoms. The minimum atomic E-state index is 0.719. The highest BCUT2D eigenvalue weighted by Crippen LogP contribution is 2.25. The molecule has 0 aliphatic carbocycles. The zero-order valence-corrected chi connectivity index (χ0v) is 12.9. The Morgan fingerprint density at radius 3 is 2.90 bits per heavy atom. The third-order valence-corrected chi connectivity index (χ3v) is 5.21. The number of hydrogen-bond donors (Lipinski definition) is 1. The molecule has 3 heterocycles. The summed E-state index contributed by atoms with van der Waals surface area (Å²) in [6, 6.07) is 10.3. The third kappa shape index (κ3) is 2.49. The summed E-state index contributed by atoms with van der Waals surface area (Å²) in [4.78, 5) is 2.65. The molecule has 2 unspecified atom stereocenters. The van der Waals surface area contributed by atoms with E-state index in [4.69, 9.17) is 0 Å². The predicted octanol–water partition coefficient (Wildman–Crippen LogP) is 2.99. The molecular weight excluding hydrogens is 258 g/mol. The van der Waals surface area contributed by atoms with Crippen molar-refractivity contribution in [2.24, 2.45) is 0 Å². The molecule has 1 N–H and O–H groups in total. The van der Waals surface area contributed by atoms with E-state index in [1.165, 1.54) is 48.8 Å². The van der Waals surface area contributed by atoms with Gasteiger partial charge in [0.2, 0.25) is 0 Å². The molecule has 1 aromatic carbocycles. The molecule has 0 saturated carbocycles. The molecule has 1 aromatic heterocycles. The topological polar surface area (TPSA) is 20.2 Å². The van der Waals surface area contributed by atoms with Crippen LogP contribution in [-0.2, 0) is 13.1 Å². The fourth-order valence-electron chi connectivity index (χ4n) is 4.11. The van der Waals surface area contributed by atoms with E-state index in [1.54, 1.807) is 0 Å². The quantitative estimate of drug-likeness (QED) is 0.934. The minimum absolute atomic E-state index is 0.719. The summed E-state index contributed by atoms with van der Waals surface area (Å²) >= 11 is 0. The predicted molar refractivity (Wildman–Crippen MR) is 87.5 cm³/mol. The molecule has 2 aliphatic rings. The van der Waals surface area contributed by atoms with E-state index in [0.717, 1.165) is 25.2 Å². The molecular formula is C18H25N3. The Hall–Kier alpha value is -1.32. The lowest BCUT2D eigenvalue weighted by Crippen LogP contribution is -2.34. The Morgan fingerprint density at radius 2 is 2.00 bits per heavy atom. The first kappa shape index (κ1) is 13.4. The van der Waals surface area contributed by atoms with Crippen molar-refractivity contribution < 1.29 is 0 Å². The first-order valence-corrected chi connectivity index (χ1v) is 8.38. The molecule has 2 fully saturated rings. The SMILES string of the molecule is CCn1cc(CN2CCC3CCC(C2)N3)c2ccccc21. The molecule has 0 radical (unpaired) electrons. The number of nitrogens with zero attached hydrogens (tertiary/aromatic N) is 2. The fraction of sp³-hybridized carbons (Fsp3) is 0.556. The highest BCUT2D eigenvalue weighted by atomic mass is 15.2. The molecule has 21 heavy (non-hydrogen) atoms. The molecule has 4 rings (SSSR count). The van der Waals surface area contributed by atoms with Crippen LogP contribution in [0.4, 0.5) is 0 Å². The highest BCUT2D eigenvalue weighted by Gasteiger charge is 2.29. The lowest BCUT2D eigenvalue weighted by Gasteiger charge is -2.23. The smallest absolute Gasteiger partial charge is 0.0483 e. The summed E-state index contributed by atoms with van der Waals surface area (Å²) in [6.07, 6.45) is 6.41. The third-order valence-electron chi connectivity index (χ3n) is 5.21. The van der Waals surface area contributed by atoms with Gasteiger partial charge in [0.15, 0.2) is 0 Å². The Kier molecular flexibility index (Phi) is 3.48. The molecule has 112 valence electrons. The van der Waals surface area contributed by atoms with Crippen LogP contribution in [-0.4, -0.2) is 34.6 Å². The molecule has 2 aliphatic heterocycles. The van der Waals surface area contributed by atoms with Gasteiger partial charge in [0.1, 0.15) is 0 Å². The number of rotatable bonds is 3. The summed E-state index contributed by atoms with van der Waals surface area (Å²) in [5.74, 6) is 0. The van der Waals surface area contributed by atoms with Gasteiger partial charge in [-0.05, 0) is 37.8 Å². The van der Waals surface area contributed by atoms with Gasteiger partial charge in [-0.15, -0.1) is 0 Å². The van der Waals surface area contributed by atoms with Gasteiger partial charge in [0.25, 0.3) is 0 Å². The molecule has 2 bridgehead atoms. The number of benzene rings is 1. The number of aromatic nitrogens is 1. The van der Waals surface area contributed by atoms with E-state index >= 15 is 0 Å². The second-order valence-electron chi connectivity index (χ2n) is 6.62. The van der Waals surface area contributed by atoms with Crippen LogP contribution in [0.15, 0.2) is 30.5 Å². The average molecular weight is 283 g/mol. The molecule has 0 amide bonds. The second kappa shape index (κ2) is 5.47. The molecule has 2 atom stereocenters. The van der Waals surface area contributed by atoms with Gasteiger partial charge in [-0.1, -0.05) is 18.2 Å². The van der Waals surface area contributed by atoms with Gasteiger partial charge in [-0.2, -0.15) is 0 Å². The summed E-state index contributed by atoms with van der Waals surface area (Å²) in [5, 5.41) is 5.21. The van der Waals surface area contributed by atoms with Crippen LogP contribution in [0.2, 0.25) is 0 Å². The Labute approximate surface area is 126 Å². The average Bonchev–Trinajstić information content (AvgIpc) is 3.02. The standard InChI is InChI=1S/C18H25N3/c1-2-21-12-14(17-5-3-4-6-18(17)21)11-20-10-9-15-7-8-16(13-20)19-15/h3-6,12,15-16,19H,2,7-11,13H2,1H3. The van der Waals surface area contributed by atoms with Crippen LogP contribution in [0.3, 0.4) is 0 Å². The summed E-state index contributed by atoms with van der Waals surface area (Å²) in [7, 11) is 0. The maximum atomic E-state index is 3.78. The minimum Gasteiger partial charge on any atom is -0.347 e. The van der Waals surface area contributed by atoms with Crippen molar-refractivity contribution in [1.82, 2.24) is 14.8 Å². The number of likely N-dealkylation sites (tertiary alicyclic amines) is 1. The van der Waals surface area contributed by atoms with Crippen LogP contribution < -0.4 is 5.32 Å². The molecule has 3 nitrogen and oxygen atoms in total. The van der Waals surface area contributed by atoms with Crippen LogP contribution in [0, 0.1) is 0 Å². The molecule has 3 heteroatoms. The number of nitrogens with one attached hydrogen (secondary N) is 1. The zero-order valence-electron chi connectivity index (χ0n) is 12.9. The first-order chi connectivity index (χ1) is 10.3. The van der Waals surface area contributed by atoms with Gasteiger partial charge < -0.3 is 9.88 Å².